The molecule has 0 bridgehead atoms. The summed E-state index contributed by atoms with van der Waals surface area (Å²) >= 11 is 0. The number of rotatable bonds is 6. The van der Waals surface area contributed by atoms with Crippen LogP contribution in [0.15, 0.2) is 22.8 Å². The number of hydrogen-bond donors (Lipinski definition) is 1. The van der Waals surface area contributed by atoms with Gasteiger partial charge in [0.05, 0.1) is 12.3 Å². The van der Waals surface area contributed by atoms with Crippen LogP contribution >= 0.6 is 0 Å². The molecular formula is C14H24N2O. The van der Waals surface area contributed by atoms with Crippen LogP contribution < -0.4 is 5.32 Å². The number of nitrogens with zero attached hydrogens (tertiary/aromatic N) is 1. The minimum Gasteiger partial charge on any atom is -0.468 e. The predicted octanol–water partition coefficient (Wildman–Crippen LogP) is 2.81. The van der Waals surface area contributed by atoms with Crippen LogP contribution in [0.3, 0.4) is 0 Å². The van der Waals surface area contributed by atoms with Crippen molar-refractivity contribution in [3.63, 3.8) is 0 Å². The highest BCUT2D eigenvalue weighted by atomic mass is 16.3. The summed E-state index contributed by atoms with van der Waals surface area (Å²) in [6.45, 7) is 6.97. The summed E-state index contributed by atoms with van der Waals surface area (Å²) in [6.07, 6.45) is 6.98. The minimum absolute atomic E-state index is 0.370. The molecule has 1 unspecified atom stereocenters. The average Bonchev–Trinajstić information content (AvgIpc) is 2.90. The molecule has 1 aromatic rings. The maximum Gasteiger partial charge on any atom is 0.120 e. The molecule has 0 aliphatic carbocycles. The Kier molecular flexibility index (Phi) is 5.08. The summed E-state index contributed by atoms with van der Waals surface area (Å²) in [5.41, 5.74) is 0. The molecule has 2 rings (SSSR count). The smallest absolute Gasteiger partial charge is 0.120 e. The molecule has 1 fully saturated rings. The van der Waals surface area contributed by atoms with Crippen LogP contribution in [0.2, 0.25) is 0 Å². The zero-order valence-corrected chi connectivity index (χ0v) is 10.8. The molecule has 1 aromatic heterocycles. The summed E-state index contributed by atoms with van der Waals surface area (Å²) < 4.78 is 5.45. The summed E-state index contributed by atoms with van der Waals surface area (Å²) in [5, 5.41) is 3.58. The lowest BCUT2D eigenvalue weighted by atomic mass is 10.1. The first-order valence-corrected chi connectivity index (χ1v) is 6.89. The van der Waals surface area contributed by atoms with Crippen LogP contribution in [0.5, 0.6) is 0 Å². The Labute approximate surface area is 104 Å². The number of piperidine rings is 1. The average molecular weight is 236 g/mol. The minimum atomic E-state index is 0.370. The van der Waals surface area contributed by atoms with Gasteiger partial charge in [0.15, 0.2) is 0 Å². The maximum absolute atomic E-state index is 5.45. The molecule has 96 valence electrons. The van der Waals surface area contributed by atoms with Crippen molar-refractivity contribution in [1.29, 1.82) is 0 Å². The van der Waals surface area contributed by atoms with Gasteiger partial charge in [0.1, 0.15) is 5.76 Å². The highest BCUT2D eigenvalue weighted by molar-refractivity contribution is 5.03. The largest absolute Gasteiger partial charge is 0.468 e. The van der Waals surface area contributed by atoms with Crippen molar-refractivity contribution in [3.8, 4) is 0 Å². The maximum atomic E-state index is 5.45. The van der Waals surface area contributed by atoms with Gasteiger partial charge in [-0.15, -0.1) is 0 Å². The summed E-state index contributed by atoms with van der Waals surface area (Å²) in [6, 6.07) is 4.39. The van der Waals surface area contributed by atoms with Gasteiger partial charge in [0.25, 0.3) is 0 Å². The van der Waals surface area contributed by atoms with E-state index in [-0.39, 0.29) is 0 Å². The first-order valence-electron chi connectivity index (χ1n) is 6.89. The second-order valence-corrected chi connectivity index (χ2v) is 4.83. The fraction of sp³-hybridized carbons (Fsp3) is 0.714. The number of likely N-dealkylation sites (tertiary alicyclic amines) is 1. The van der Waals surface area contributed by atoms with Gasteiger partial charge < -0.3 is 14.6 Å². The highest BCUT2D eigenvalue weighted by Gasteiger charge is 2.13. The van der Waals surface area contributed by atoms with Crippen molar-refractivity contribution in [3.05, 3.63) is 24.2 Å². The monoisotopic (exact) mass is 236 g/mol. The molecule has 17 heavy (non-hydrogen) atoms. The Morgan fingerprint density at radius 1 is 1.35 bits per heavy atom. The molecule has 1 N–H and O–H groups in total. The Bertz CT molecular complexity index is 291. The lowest BCUT2D eigenvalue weighted by Gasteiger charge is -2.27. The zero-order valence-electron chi connectivity index (χ0n) is 10.8. The predicted molar refractivity (Wildman–Crippen MR) is 70.0 cm³/mol. The molecule has 0 amide bonds. The lowest BCUT2D eigenvalue weighted by molar-refractivity contribution is 0.224. The topological polar surface area (TPSA) is 28.4 Å². The van der Waals surface area contributed by atoms with Crippen LogP contribution in [0.1, 0.15) is 44.4 Å². The van der Waals surface area contributed by atoms with Gasteiger partial charge in [-0.1, -0.05) is 13.3 Å². The van der Waals surface area contributed by atoms with E-state index in [0.29, 0.717) is 6.04 Å². The molecule has 3 nitrogen and oxygen atoms in total. The van der Waals surface area contributed by atoms with Gasteiger partial charge in [-0.05, 0) is 44.5 Å². The molecular weight excluding hydrogens is 212 g/mol. The normalized spacial score (nSPS) is 19.4. The van der Waals surface area contributed by atoms with Crippen molar-refractivity contribution >= 4 is 0 Å². The summed E-state index contributed by atoms with van der Waals surface area (Å²) in [7, 11) is 0. The van der Waals surface area contributed by atoms with E-state index in [4.69, 9.17) is 4.42 Å². The summed E-state index contributed by atoms with van der Waals surface area (Å²) in [4.78, 5) is 2.56. The van der Waals surface area contributed by atoms with Crippen LogP contribution in [-0.2, 0) is 0 Å². The molecule has 0 spiro atoms. The van der Waals surface area contributed by atoms with Gasteiger partial charge in [0, 0.05) is 13.1 Å². The van der Waals surface area contributed by atoms with E-state index in [1.54, 1.807) is 6.26 Å². The van der Waals surface area contributed by atoms with E-state index in [1.807, 2.05) is 6.07 Å². The Morgan fingerprint density at radius 2 is 2.18 bits per heavy atom. The second kappa shape index (κ2) is 6.82. The number of hydrogen-bond acceptors (Lipinski definition) is 3. The van der Waals surface area contributed by atoms with Crippen LogP contribution in [0.4, 0.5) is 0 Å². The van der Waals surface area contributed by atoms with Crippen molar-refractivity contribution < 1.29 is 4.42 Å². The first-order chi connectivity index (χ1) is 8.40. The number of furan rings is 1. The van der Waals surface area contributed by atoms with Crippen molar-refractivity contribution in [2.45, 2.75) is 38.6 Å². The quantitative estimate of drug-likeness (QED) is 0.823. The Balaban J connectivity index is 1.69. The molecule has 0 aromatic carbocycles. The van der Waals surface area contributed by atoms with Crippen LogP contribution in [0.25, 0.3) is 0 Å². The summed E-state index contributed by atoms with van der Waals surface area (Å²) in [5.74, 6) is 1.06. The van der Waals surface area contributed by atoms with Gasteiger partial charge in [-0.3, -0.25) is 0 Å². The van der Waals surface area contributed by atoms with Crippen molar-refractivity contribution in [2.75, 3.05) is 26.2 Å². The van der Waals surface area contributed by atoms with Crippen molar-refractivity contribution in [2.24, 2.45) is 0 Å². The zero-order chi connectivity index (χ0) is 11.9. The molecule has 3 heteroatoms. The van der Waals surface area contributed by atoms with Gasteiger partial charge in [-0.2, -0.15) is 0 Å². The van der Waals surface area contributed by atoms with Gasteiger partial charge in [-0.25, -0.2) is 0 Å². The standard InChI is InChI=1S/C14H24N2O/c1-2-13(14-7-6-12-17-14)15-8-11-16-9-4-3-5-10-16/h6-7,12-13,15H,2-5,8-11H2,1H3. The molecule has 1 saturated heterocycles. The third-order valence-electron chi connectivity index (χ3n) is 3.56. The fourth-order valence-corrected chi connectivity index (χ4v) is 2.52. The van der Waals surface area contributed by atoms with Crippen molar-refractivity contribution in [1.82, 2.24) is 10.2 Å². The SMILES string of the molecule is CCC(NCCN1CCCCC1)c1ccco1. The fourth-order valence-electron chi connectivity index (χ4n) is 2.52. The van der Waals surface area contributed by atoms with E-state index >= 15 is 0 Å². The van der Waals surface area contributed by atoms with Gasteiger partial charge >= 0.3 is 0 Å². The van der Waals surface area contributed by atoms with E-state index in [9.17, 15) is 0 Å². The van der Waals surface area contributed by atoms with Crippen LogP contribution in [-0.4, -0.2) is 31.1 Å². The van der Waals surface area contributed by atoms with E-state index in [2.05, 4.69) is 23.2 Å². The van der Waals surface area contributed by atoms with E-state index in [0.717, 1.165) is 25.3 Å². The Hall–Kier alpha value is -0.800. The van der Waals surface area contributed by atoms with Crippen LogP contribution in [0, 0.1) is 0 Å². The third-order valence-corrected chi connectivity index (χ3v) is 3.56. The molecule has 1 atom stereocenters. The molecule has 2 heterocycles. The molecule has 0 radical (unpaired) electrons. The first kappa shape index (κ1) is 12.7. The molecule has 1 aliphatic heterocycles. The second-order valence-electron chi connectivity index (χ2n) is 4.83. The van der Waals surface area contributed by atoms with E-state index in [1.165, 1.54) is 32.4 Å². The molecule has 0 saturated carbocycles. The molecule has 1 aliphatic rings. The Morgan fingerprint density at radius 3 is 2.82 bits per heavy atom. The number of nitrogens with one attached hydrogen (secondary N) is 1. The lowest BCUT2D eigenvalue weighted by Crippen LogP contribution is -2.36. The third kappa shape index (κ3) is 3.86. The highest BCUT2D eigenvalue weighted by Crippen LogP contribution is 2.16. The van der Waals surface area contributed by atoms with E-state index < -0.39 is 0 Å². The van der Waals surface area contributed by atoms with Gasteiger partial charge in [0.2, 0.25) is 0 Å².